The Balaban J connectivity index is 1.98. The predicted octanol–water partition coefficient (Wildman–Crippen LogP) is 3.50. The van der Waals surface area contributed by atoms with Crippen molar-refractivity contribution in [3.8, 4) is 11.5 Å². The molecule has 0 aromatic heterocycles. The van der Waals surface area contributed by atoms with Crippen LogP contribution in [0.25, 0.3) is 0 Å². The first-order valence-electron chi connectivity index (χ1n) is 7.19. The molecule has 120 valence electrons. The SMILES string of the molecule is CC/C(=N\NC(=S)Nc1ccc(OC)cc1)c1ccc(O)cc1. The van der Waals surface area contributed by atoms with Gasteiger partial charge in [-0.15, -0.1) is 0 Å². The van der Waals surface area contributed by atoms with Crippen molar-refractivity contribution in [3.05, 3.63) is 54.1 Å². The van der Waals surface area contributed by atoms with Crippen LogP contribution in [0.2, 0.25) is 0 Å². The molecule has 6 heteroatoms. The van der Waals surface area contributed by atoms with Crippen LogP contribution in [0, 0.1) is 0 Å². The summed E-state index contributed by atoms with van der Waals surface area (Å²) in [6.07, 6.45) is 0.739. The van der Waals surface area contributed by atoms with Crippen LogP contribution in [0.15, 0.2) is 53.6 Å². The minimum atomic E-state index is 0.230. The molecule has 0 saturated heterocycles. The summed E-state index contributed by atoms with van der Waals surface area (Å²) in [5, 5.41) is 17.1. The second kappa shape index (κ2) is 8.14. The zero-order valence-electron chi connectivity index (χ0n) is 13.0. The van der Waals surface area contributed by atoms with Crippen LogP contribution in [-0.4, -0.2) is 23.0 Å². The third kappa shape index (κ3) is 4.96. The summed E-state index contributed by atoms with van der Waals surface area (Å²) >= 11 is 5.23. The molecule has 0 aliphatic rings. The first-order chi connectivity index (χ1) is 11.1. The van der Waals surface area contributed by atoms with E-state index in [0.29, 0.717) is 5.11 Å². The van der Waals surface area contributed by atoms with E-state index in [-0.39, 0.29) is 5.75 Å². The minimum Gasteiger partial charge on any atom is -0.508 e. The van der Waals surface area contributed by atoms with Gasteiger partial charge >= 0.3 is 0 Å². The Kier molecular flexibility index (Phi) is 5.94. The highest BCUT2D eigenvalue weighted by Gasteiger charge is 2.03. The molecule has 2 aromatic rings. The quantitative estimate of drug-likeness (QED) is 0.445. The van der Waals surface area contributed by atoms with E-state index in [1.165, 1.54) is 0 Å². The summed E-state index contributed by atoms with van der Waals surface area (Å²) in [6.45, 7) is 2.01. The molecule has 5 nitrogen and oxygen atoms in total. The molecule has 0 spiro atoms. The Morgan fingerprint density at radius 2 is 1.78 bits per heavy atom. The lowest BCUT2D eigenvalue weighted by Crippen LogP contribution is -2.25. The third-order valence-corrected chi connectivity index (χ3v) is 3.37. The van der Waals surface area contributed by atoms with E-state index in [4.69, 9.17) is 17.0 Å². The van der Waals surface area contributed by atoms with E-state index in [2.05, 4.69) is 15.8 Å². The molecule has 0 saturated carbocycles. The standard InChI is InChI=1S/C17H19N3O2S/c1-3-16(12-4-8-14(21)9-5-12)19-20-17(23)18-13-6-10-15(22-2)11-7-13/h4-11,21H,3H2,1-2H3,(H2,18,20,23)/b19-16+. The van der Waals surface area contributed by atoms with E-state index >= 15 is 0 Å². The maximum atomic E-state index is 9.34. The Labute approximate surface area is 141 Å². The van der Waals surface area contributed by atoms with Crippen molar-refractivity contribution in [1.29, 1.82) is 0 Å². The van der Waals surface area contributed by atoms with Gasteiger partial charge in [0.05, 0.1) is 12.8 Å². The number of phenols is 1. The summed E-state index contributed by atoms with van der Waals surface area (Å²) in [7, 11) is 1.62. The van der Waals surface area contributed by atoms with E-state index < -0.39 is 0 Å². The number of nitrogens with one attached hydrogen (secondary N) is 2. The van der Waals surface area contributed by atoms with Gasteiger partial charge in [-0.2, -0.15) is 5.10 Å². The molecule has 2 rings (SSSR count). The molecule has 23 heavy (non-hydrogen) atoms. The van der Waals surface area contributed by atoms with Gasteiger partial charge < -0.3 is 15.2 Å². The number of anilines is 1. The van der Waals surface area contributed by atoms with Gasteiger partial charge in [0.15, 0.2) is 5.11 Å². The smallest absolute Gasteiger partial charge is 0.191 e. The second-order valence-electron chi connectivity index (χ2n) is 4.75. The molecule has 0 radical (unpaired) electrons. The number of hydrogen-bond donors (Lipinski definition) is 3. The summed E-state index contributed by atoms with van der Waals surface area (Å²) in [5.74, 6) is 1.02. The molecule has 0 aliphatic carbocycles. The number of hydrogen-bond acceptors (Lipinski definition) is 4. The fourth-order valence-corrected chi connectivity index (χ4v) is 2.12. The Morgan fingerprint density at radius 1 is 1.13 bits per heavy atom. The molecule has 0 bridgehead atoms. The number of aromatic hydroxyl groups is 1. The Bertz CT molecular complexity index is 682. The monoisotopic (exact) mass is 329 g/mol. The molecule has 0 unspecified atom stereocenters. The number of thiocarbonyl (C=S) groups is 1. The number of benzene rings is 2. The zero-order chi connectivity index (χ0) is 16.7. The molecule has 3 N–H and O–H groups in total. The average Bonchev–Trinajstić information content (AvgIpc) is 2.57. The van der Waals surface area contributed by atoms with Crippen molar-refractivity contribution < 1.29 is 9.84 Å². The highest BCUT2D eigenvalue weighted by atomic mass is 32.1. The summed E-state index contributed by atoms with van der Waals surface area (Å²) in [6, 6.07) is 14.3. The summed E-state index contributed by atoms with van der Waals surface area (Å²) < 4.78 is 5.11. The van der Waals surface area contributed by atoms with Crippen molar-refractivity contribution in [2.45, 2.75) is 13.3 Å². The normalized spacial score (nSPS) is 11.0. The van der Waals surface area contributed by atoms with E-state index in [1.807, 2.05) is 43.3 Å². The number of methoxy groups -OCH3 is 1. The van der Waals surface area contributed by atoms with Crippen molar-refractivity contribution in [3.63, 3.8) is 0 Å². The van der Waals surface area contributed by atoms with Crippen LogP contribution >= 0.6 is 12.2 Å². The van der Waals surface area contributed by atoms with E-state index in [1.54, 1.807) is 19.2 Å². The molecule has 0 atom stereocenters. The first-order valence-corrected chi connectivity index (χ1v) is 7.60. The fourth-order valence-electron chi connectivity index (χ4n) is 1.95. The number of hydrazone groups is 1. The number of rotatable bonds is 5. The molecule has 2 aromatic carbocycles. The van der Waals surface area contributed by atoms with Crippen molar-refractivity contribution in [1.82, 2.24) is 5.43 Å². The van der Waals surface area contributed by atoms with Crippen molar-refractivity contribution in [2.75, 3.05) is 12.4 Å². The minimum absolute atomic E-state index is 0.230. The molecule has 0 heterocycles. The number of nitrogens with zero attached hydrogens (tertiary/aromatic N) is 1. The highest BCUT2D eigenvalue weighted by molar-refractivity contribution is 7.80. The topological polar surface area (TPSA) is 65.9 Å². The maximum Gasteiger partial charge on any atom is 0.191 e. The van der Waals surface area contributed by atoms with Gasteiger partial charge in [0.1, 0.15) is 11.5 Å². The largest absolute Gasteiger partial charge is 0.508 e. The van der Waals surface area contributed by atoms with Gasteiger partial charge in [-0.3, -0.25) is 5.43 Å². The van der Waals surface area contributed by atoms with Crippen molar-refractivity contribution in [2.24, 2.45) is 5.10 Å². The second-order valence-corrected chi connectivity index (χ2v) is 5.16. The number of ether oxygens (including phenoxy) is 1. The molecule has 0 fully saturated rings. The number of phenolic OH excluding ortho intramolecular Hbond substituents is 1. The molecule has 0 aliphatic heterocycles. The fraction of sp³-hybridized carbons (Fsp3) is 0.176. The molecular weight excluding hydrogens is 310 g/mol. The average molecular weight is 329 g/mol. The van der Waals surface area contributed by atoms with Crippen LogP contribution < -0.4 is 15.5 Å². The highest BCUT2D eigenvalue weighted by Crippen LogP contribution is 2.15. The third-order valence-electron chi connectivity index (χ3n) is 3.18. The van der Waals surface area contributed by atoms with Gasteiger partial charge in [-0.25, -0.2) is 0 Å². The van der Waals surface area contributed by atoms with Gasteiger partial charge in [0.2, 0.25) is 0 Å². The van der Waals surface area contributed by atoms with Gasteiger partial charge in [0, 0.05) is 5.69 Å². The van der Waals surface area contributed by atoms with Crippen molar-refractivity contribution >= 4 is 28.7 Å². The Morgan fingerprint density at radius 3 is 2.35 bits per heavy atom. The van der Waals surface area contributed by atoms with Crippen LogP contribution in [0.5, 0.6) is 11.5 Å². The van der Waals surface area contributed by atoms with Gasteiger partial charge in [-0.05, 0) is 72.7 Å². The summed E-state index contributed by atoms with van der Waals surface area (Å²) in [5.41, 5.74) is 5.47. The molecular formula is C17H19N3O2S. The van der Waals surface area contributed by atoms with E-state index in [0.717, 1.165) is 29.1 Å². The first kappa shape index (κ1) is 16.8. The van der Waals surface area contributed by atoms with Gasteiger partial charge in [-0.1, -0.05) is 6.92 Å². The molecule has 0 amide bonds. The van der Waals surface area contributed by atoms with Crippen LogP contribution in [0.1, 0.15) is 18.9 Å². The lowest BCUT2D eigenvalue weighted by atomic mass is 10.1. The van der Waals surface area contributed by atoms with Gasteiger partial charge in [0.25, 0.3) is 0 Å². The van der Waals surface area contributed by atoms with Crippen LogP contribution in [0.3, 0.4) is 0 Å². The zero-order valence-corrected chi connectivity index (χ0v) is 13.9. The Hall–Kier alpha value is -2.60. The maximum absolute atomic E-state index is 9.34. The van der Waals surface area contributed by atoms with Crippen LogP contribution in [0.4, 0.5) is 5.69 Å². The predicted molar refractivity (Wildman–Crippen MR) is 97.3 cm³/mol. The lowest BCUT2D eigenvalue weighted by Gasteiger charge is -2.09. The lowest BCUT2D eigenvalue weighted by molar-refractivity contribution is 0.415. The summed E-state index contributed by atoms with van der Waals surface area (Å²) in [4.78, 5) is 0. The van der Waals surface area contributed by atoms with Crippen LogP contribution in [-0.2, 0) is 0 Å². The van der Waals surface area contributed by atoms with E-state index in [9.17, 15) is 5.11 Å².